The molecule has 0 amide bonds. The molecule has 0 aliphatic rings. The van der Waals surface area contributed by atoms with Gasteiger partial charge in [0.25, 0.3) is 5.56 Å². The Morgan fingerprint density at radius 1 is 1.44 bits per heavy atom. The molecular formula is C12H11N3O. The summed E-state index contributed by atoms with van der Waals surface area (Å²) in [6.45, 7) is 0.544. The minimum absolute atomic E-state index is 0.146. The summed E-state index contributed by atoms with van der Waals surface area (Å²) >= 11 is 0. The third kappa shape index (κ3) is 2.10. The van der Waals surface area contributed by atoms with E-state index in [9.17, 15) is 4.79 Å². The van der Waals surface area contributed by atoms with E-state index in [1.807, 2.05) is 6.07 Å². The van der Waals surface area contributed by atoms with E-state index in [-0.39, 0.29) is 5.56 Å². The van der Waals surface area contributed by atoms with Crippen LogP contribution in [0.3, 0.4) is 0 Å². The van der Waals surface area contributed by atoms with Crippen LogP contribution in [0.4, 0.5) is 0 Å². The zero-order chi connectivity index (χ0) is 11.4. The Morgan fingerprint density at radius 2 is 2.31 bits per heavy atom. The van der Waals surface area contributed by atoms with Crippen LogP contribution in [0.1, 0.15) is 12.0 Å². The zero-order valence-corrected chi connectivity index (χ0v) is 8.66. The summed E-state index contributed by atoms with van der Waals surface area (Å²) in [5, 5.41) is 0.557. The van der Waals surface area contributed by atoms with Gasteiger partial charge in [0.2, 0.25) is 0 Å². The fraction of sp³-hybridized carbons (Fsp3) is 0.167. The number of fused-ring (bicyclic) bond motifs is 1. The second kappa shape index (κ2) is 4.60. The van der Waals surface area contributed by atoms with Crippen LogP contribution in [0.25, 0.3) is 10.9 Å². The first-order valence-electron chi connectivity index (χ1n) is 4.97. The maximum Gasteiger partial charge on any atom is 0.258 e. The lowest BCUT2D eigenvalue weighted by Crippen LogP contribution is -2.06. The smallest absolute Gasteiger partial charge is 0.258 e. The van der Waals surface area contributed by atoms with E-state index in [0.29, 0.717) is 23.9 Å². The van der Waals surface area contributed by atoms with Crippen LogP contribution in [-0.2, 0) is 0 Å². The normalized spacial score (nSPS) is 9.81. The quantitative estimate of drug-likeness (QED) is 0.682. The Kier molecular flexibility index (Phi) is 2.99. The van der Waals surface area contributed by atoms with E-state index in [0.717, 1.165) is 5.56 Å². The minimum atomic E-state index is -0.146. The second-order valence-corrected chi connectivity index (χ2v) is 3.30. The van der Waals surface area contributed by atoms with Gasteiger partial charge in [0, 0.05) is 18.5 Å². The molecule has 0 saturated carbocycles. The van der Waals surface area contributed by atoms with Crippen LogP contribution in [-0.4, -0.2) is 16.5 Å². The van der Waals surface area contributed by atoms with Crippen LogP contribution in [0, 0.1) is 11.8 Å². The van der Waals surface area contributed by atoms with Crippen molar-refractivity contribution in [2.75, 3.05) is 6.54 Å². The molecule has 0 radical (unpaired) electrons. The Morgan fingerprint density at radius 3 is 3.12 bits per heavy atom. The number of nitrogens with two attached hydrogens (primary N) is 1. The lowest BCUT2D eigenvalue weighted by Gasteiger charge is -1.95. The number of hydrogen-bond donors (Lipinski definition) is 2. The Hall–Kier alpha value is -2.12. The second-order valence-electron chi connectivity index (χ2n) is 3.30. The molecule has 16 heavy (non-hydrogen) atoms. The van der Waals surface area contributed by atoms with Crippen molar-refractivity contribution in [2.45, 2.75) is 6.42 Å². The molecule has 0 aliphatic carbocycles. The van der Waals surface area contributed by atoms with Gasteiger partial charge in [0.05, 0.1) is 17.2 Å². The topological polar surface area (TPSA) is 71.8 Å². The molecule has 2 aromatic rings. The summed E-state index contributed by atoms with van der Waals surface area (Å²) in [5.41, 5.74) is 6.67. The van der Waals surface area contributed by atoms with E-state index in [1.165, 1.54) is 6.33 Å². The van der Waals surface area contributed by atoms with Gasteiger partial charge in [-0.3, -0.25) is 4.79 Å². The molecule has 1 aromatic carbocycles. The third-order valence-electron chi connectivity index (χ3n) is 2.14. The predicted molar refractivity (Wildman–Crippen MR) is 62.9 cm³/mol. The highest BCUT2D eigenvalue weighted by molar-refractivity contribution is 5.78. The fourth-order valence-corrected chi connectivity index (χ4v) is 1.38. The maximum absolute atomic E-state index is 11.5. The third-order valence-corrected chi connectivity index (χ3v) is 2.14. The highest BCUT2D eigenvalue weighted by Gasteiger charge is 1.98. The van der Waals surface area contributed by atoms with Crippen molar-refractivity contribution in [1.82, 2.24) is 9.97 Å². The van der Waals surface area contributed by atoms with Gasteiger partial charge in [-0.1, -0.05) is 11.8 Å². The molecule has 4 nitrogen and oxygen atoms in total. The number of aromatic amines is 1. The van der Waals surface area contributed by atoms with Crippen LogP contribution in [0.5, 0.6) is 0 Å². The molecule has 0 fully saturated rings. The van der Waals surface area contributed by atoms with Gasteiger partial charge in [0.15, 0.2) is 0 Å². The number of nitrogens with one attached hydrogen (secondary N) is 1. The standard InChI is InChI=1S/C12H11N3O/c13-6-2-1-3-9-4-5-11-10(7-9)12(16)15-8-14-11/h4-5,7-8H,2,6,13H2,(H,14,15,16). The van der Waals surface area contributed by atoms with Crippen LogP contribution < -0.4 is 11.3 Å². The SMILES string of the molecule is NCCC#Cc1ccc2nc[nH]c(=O)c2c1. The Labute approximate surface area is 92.5 Å². The predicted octanol–water partition coefficient (Wildman–Crippen LogP) is 0.623. The van der Waals surface area contributed by atoms with E-state index >= 15 is 0 Å². The first-order chi connectivity index (χ1) is 7.81. The van der Waals surface area contributed by atoms with Crippen molar-refractivity contribution in [2.24, 2.45) is 5.73 Å². The van der Waals surface area contributed by atoms with E-state index < -0.39 is 0 Å². The van der Waals surface area contributed by atoms with Gasteiger partial charge < -0.3 is 10.7 Å². The molecule has 4 heteroatoms. The molecule has 0 bridgehead atoms. The van der Waals surface area contributed by atoms with Gasteiger partial charge in [-0.15, -0.1) is 0 Å². The maximum atomic E-state index is 11.5. The van der Waals surface area contributed by atoms with Gasteiger partial charge in [-0.25, -0.2) is 4.98 Å². The number of nitrogens with zero attached hydrogens (tertiary/aromatic N) is 1. The van der Waals surface area contributed by atoms with E-state index in [2.05, 4.69) is 21.8 Å². The molecule has 0 atom stereocenters. The first-order valence-corrected chi connectivity index (χ1v) is 4.97. The Balaban J connectivity index is 2.49. The monoisotopic (exact) mass is 213 g/mol. The molecule has 0 unspecified atom stereocenters. The number of hydrogen-bond acceptors (Lipinski definition) is 3. The van der Waals surface area contributed by atoms with Gasteiger partial charge >= 0.3 is 0 Å². The summed E-state index contributed by atoms with van der Waals surface area (Å²) in [6, 6.07) is 5.38. The van der Waals surface area contributed by atoms with Crippen molar-refractivity contribution in [3.8, 4) is 11.8 Å². The highest BCUT2D eigenvalue weighted by Crippen LogP contribution is 2.08. The van der Waals surface area contributed by atoms with Crippen molar-refractivity contribution in [1.29, 1.82) is 0 Å². The number of rotatable bonds is 1. The molecule has 1 aromatic heterocycles. The largest absolute Gasteiger partial charge is 0.330 e. The van der Waals surface area contributed by atoms with Gasteiger partial charge in [-0.2, -0.15) is 0 Å². The highest BCUT2D eigenvalue weighted by atomic mass is 16.1. The van der Waals surface area contributed by atoms with Crippen molar-refractivity contribution in [3.05, 3.63) is 40.4 Å². The van der Waals surface area contributed by atoms with Crippen LogP contribution in [0.2, 0.25) is 0 Å². The van der Waals surface area contributed by atoms with E-state index in [1.54, 1.807) is 12.1 Å². The van der Waals surface area contributed by atoms with Crippen LogP contribution in [0.15, 0.2) is 29.3 Å². The average Bonchev–Trinajstić information content (AvgIpc) is 2.30. The summed E-state index contributed by atoms with van der Waals surface area (Å²) in [4.78, 5) is 18.1. The van der Waals surface area contributed by atoms with Crippen molar-refractivity contribution in [3.63, 3.8) is 0 Å². The minimum Gasteiger partial charge on any atom is -0.330 e. The van der Waals surface area contributed by atoms with Crippen LogP contribution >= 0.6 is 0 Å². The summed E-state index contributed by atoms with van der Waals surface area (Å²) < 4.78 is 0. The number of aromatic nitrogens is 2. The van der Waals surface area contributed by atoms with E-state index in [4.69, 9.17) is 5.73 Å². The lowest BCUT2D eigenvalue weighted by atomic mass is 10.1. The number of H-pyrrole nitrogens is 1. The molecule has 1 heterocycles. The molecule has 0 spiro atoms. The molecule has 0 saturated heterocycles. The Bertz CT molecular complexity index is 619. The van der Waals surface area contributed by atoms with Crippen molar-refractivity contribution >= 4 is 10.9 Å². The molecule has 0 aliphatic heterocycles. The molecule has 3 N–H and O–H groups in total. The molecule has 80 valence electrons. The molecule has 2 rings (SSSR count). The van der Waals surface area contributed by atoms with Gasteiger partial charge in [-0.05, 0) is 18.2 Å². The number of benzene rings is 1. The molecular weight excluding hydrogens is 202 g/mol. The zero-order valence-electron chi connectivity index (χ0n) is 8.66. The fourth-order valence-electron chi connectivity index (χ4n) is 1.38. The average molecular weight is 213 g/mol. The summed E-state index contributed by atoms with van der Waals surface area (Å²) in [6.07, 6.45) is 2.05. The lowest BCUT2D eigenvalue weighted by molar-refractivity contribution is 1.03. The van der Waals surface area contributed by atoms with Gasteiger partial charge in [0.1, 0.15) is 0 Å². The van der Waals surface area contributed by atoms with Crippen molar-refractivity contribution < 1.29 is 0 Å². The first kappa shape index (κ1) is 10.4. The summed E-state index contributed by atoms with van der Waals surface area (Å²) in [5.74, 6) is 5.88. The summed E-state index contributed by atoms with van der Waals surface area (Å²) in [7, 11) is 0.